The summed E-state index contributed by atoms with van der Waals surface area (Å²) in [6.45, 7) is 3.19. The van der Waals surface area contributed by atoms with Gasteiger partial charge in [0.1, 0.15) is 17.2 Å². The number of aromatic nitrogens is 2. The number of carbonyl (C=O) groups excluding carboxylic acids is 2. The zero-order valence-electron chi connectivity index (χ0n) is 16.3. The van der Waals surface area contributed by atoms with Crippen LogP contribution in [-0.2, 0) is 23.1 Å². The number of nitrogens with zero attached hydrogens (tertiary/aromatic N) is 2. The van der Waals surface area contributed by atoms with Gasteiger partial charge in [0.25, 0.3) is 5.56 Å². The lowest BCUT2D eigenvalue weighted by Crippen LogP contribution is -2.43. The van der Waals surface area contributed by atoms with Crippen LogP contribution in [0.3, 0.4) is 0 Å². The van der Waals surface area contributed by atoms with Gasteiger partial charge in [-0.15, -0.1) is 0 Å². The fourth-order valence-electron chi connectivity index (χ4n) is 2.62. The zero-order chi connectivity index (χ0) is 21.7. The van der Waals surface area contributed by atoms with E-state index in [1.165, 1.54) is 31.3 Å². The molecule has 0 amide bonds. The molecular formula is C20H22FN3O5. The molecule has 0 unspecified atom stereocenters. The summed E-state index contributed by atoms with van der Waals surface area (Å²) in [5.41, 5.74) is 4.44. The number of nitrogens with two attached hydrogens (primary N) is 1. The molecule has 29 heavy (non-hydrogen) atoms. The summed E-state index contributed by atoms with van der Waals surface area (Å²) in [6, 6.07) is 5.55. The summed E-state index contributed by atoms with van der Waals surface area (Å²) in [5.74, 6) is -2.36. The van der Waals surface area contributed by atoms with Crippen LogP contribution in [-0.4, -0.2) is 27.5 Å². The first kappa shape index (κ1) is 21.8. The number of nitrogen functional groups attached to an aromatic ring is 1. The van der Waals surface area contributed by atoms with E-state index in [1.807, 2.05) is 13.8 Å². The minimum absolute atomic E-state index is 0.0428. The summed E-state index contributed by atoms with van der Waals surface area (Å²) < 4.78 is 19.9. The molecule has 2 aromatic rings. The average Bonchev–Trinajstić information content (AvgIpc) is 2.66. The van der Waals surface area contributed by atoms with Crippen LogP contribution in [0.15, 0.2) is 39.9 Å². The minimum Gasteiger partial charge on any atom is -0.454 e. The second kappa shape index (κ2) is 9.13. The highest BCUT2D eigenvalue weighted by Crippen LogP contribution is 2.09. The maximum absolute atomic E-state index is 13.1. The van der Waals surface area contributed by atoms with Crippen LogP contribution in [0.25, 0.3) is 6.08 Å². The first-order valence-electron chi connectivity index (χ1n) is 8.84. The second-order valence-electron chi connectivity index (χ2n) is 6.83. The Kier molecular flexibility index (Phi) is 6.87. The molecule has 8 nitrogen and oxygen atoms in total. The number of hydrogen-bond acceptors (Lipinski definition) is 6. The number of rotatable bonds is 7. The minimum atomic E-state index is -0.858. The third-order valence-corrected chi connectivity index (χ3v) is 4.02. The molecule has 2 N–H and O–H groups in total. The fourth-order valence-corrected chi connectivity index (χ4v) is 2.62. The molecule has 0 bridgehead atoms. The highest BCUT2D eigenvalue weighted by molar-refractivity contribution is 6.01. The Morgan fingerprint density at radius 2 is 1.97 bits per heavy atom. The van der Waals surface area contributed by atoms with Crippen molar-refractivity contribution in [2.24, 2.45) is 13.0 Å². The van der Waals surface area contributed by atoms with E-state index in [9.17, 15) is 23.6 Å². The molecule has 1 aromatic carbocycles. The number of hydrogen-bond donors (Lipinski definition) is 1. The molecule has 1 aromatic heterocycles. The summed E-state index contributed by atoms with van der Waals surface area (Å²) in [6.07, 6.45) is 2.36. The molecule has 0 aliphatic carbocycles. The molecule has 2 rings (SSSR count). The van der Waals surface area contributed by atoms with Crippen molar-refractivity contribution in [2.75, 3.05) is 12.3 Å². The summed E-state index contributed by atoms with van der Waals surface area (Å²) in [7, 11) is 1.24. The Hall–Kier alpha value is -3.49. The van der Waals surface area contributed by atoms with E-state index in [-0.39, 0.29) is 18.3 Å². The van der Waals surface area contributed by atoms with Gasteiger partial charge >= 0.3 is 11.7 Å². The third-order valence-electron chi connectivity index (χ3n) is 4.02. The number of carbonyl (C=O) groups is 2. The Morgan fingerprint density at radius 3 is 2.59 bits per heavy atom. The van der Waals surface area contributed by atoms with Crippen LogP contribution in [0.4, 0.5) is 10.2 Å². The molecule has 0 fully saturated rings. The molecule has 0 aliphatic heterocycles. The molecule has 0 radical (unpaired) electrons. The molecule has 0 aliphatic rings. The van der Waals surface area contributed by atoms with E-state index < -0.39 is 41.0 Å². The second-order valence-corrected chi connectivity index (χ2v) is 6.83. The average molecular weight is 403 g/mol. The van der Waals surface area contributed by atoms with E-state index in [4.69, 9.17) is 10.5 Å². The van der Waals surface area contributed by atoms with E-state index in [1.54, 1.807) is 6.07 Å². The van der Waals surface area contributed by atoms with Crippen molar-refractivity contribution in [1.82, 2.24) is 9.13 Å². The van der Waals surface area contributed by atoms with Crippen molar-refractivity contribution in [3.05, 3.63) is 68.1 Å². The van der Waals surface area contributed by atoms with Crippen molar-refractivity contribution in [3.8, 4) is 0 Å². The third kappa shape index (κ3) is 5.28. The number of ketones is 1. The Bertz CT molecular complexity index is 1080. The lowest BCUT2D eigenvalue weighted by Gasteiger charge is -2.16. The molecule has 0 spiro atoms. The van der Waals surface area contributed by atoms with Gasteiger partial charge in [-0.2, -0.15) is 0 Å². The highest BCUT2D eigenvalue weighted by Gasteiger charge is 2.22. The number of Topliss-reactive ketones (excluding diaryl/α,β-unsaturated/α-hetero) is 1. The quantitative estimate of drug-likeness (QED) is 0.424. The Balaban J connectivity index is 2.18. The van der Waals surface area contributed by atoms with Crippen LogP contribution < -0.4 is 17.0 Å². The molecule has 1 heterocycles. The molecular weight excluding hydrogens is 381 g/mol. The molecule has 9 heteroatoms. The van der Waals surface area contributed by atoms with Gasteiger partial charge in [0.05, 0.1) is 0 Å². The SMILES string of the molecule is CC(C)Cn1c(N)c(C(=O)COC(=O)C=Cc2cccc(F)c2)c(=O)n(C)c1=O. The Labute approximate surface area is 166 Å². The largest absolute Gasteiger partial charge is 0.454 e. The van der Waals surface area contributed by atoms with Crippen LogP contribution in [0.5, 0.6) is 0 Å². The van der Waals surface area contributed by atoms with Crippen LogP contribution >= 0.6 is 0 Å². The summed E-state index contributed by atoms with van der Waals surface area (Å²) in [4.78, 5) is 48.8. The van der Waals surface area contributed by atoms with Crippen molar-refractivity contribution in [2.45, 2.75) is 20.4 Å². The number of anilines is 1. The predicted molar refractivity (Wildman–Crippen MR) is 106 cm³/mol. The van der Waals surface area contributed by atoms with Crippen molar-refractivity contribution in [1.29, 1.82) is 0 Å². The topological polar surface area (TPSA) is 113 Å². The van der Waals surface area contributed by atoms with E-state index in [0.717, 1.165) is 15.2 Å². The van der Waals surface area contributed by atoms with E-state index in [2.05, 4.69) is 0 Å². The maximum atomic E-state index is 13.1. The van der Waals surface area contributed by atoms with Gasteiger partial charge in [-0.05, 0) is 29.7 Å². The zero-order valence-corrected chi connectivity index (χ0v) is 16.3. The maximum Gasteiger partial charge on any atom is 0.332 e. The highest BCUT2D eigenvalue weighted by atomic mass is 19.1. The van der Waals surface area contributed by atoms with Gasteiger partial charge in [0.2, 0.25) is 5.78 Å². The van der Waals surface area contributed by atoms with Gasteiger partial charge in [-0.1, -0.05) is 26.0 Å². The van der Waals surface area contributed by atoms with Crippen molar-refractivity contribution >= 4 is 23.6 Å². The number of halogens is 1. The molecule has 0 saturated heterocycles. The lowest BCUT2D eigenvalue weighted by molar-refractivity contribution is -0.136. The first-order chi connectivity index (χ1) is 13.6. The van der Waals surface area contributed by atoms with Crippen LogP contribution in [0, 0.1) is 11.7 Å². The fraction of sp³-hybridized carbons (Fsp3) is 0.300. The summed E-state index contributed by atoms with van der Waals surface area (Å²) in [5, 5.41) is 0. The Morgan fingerprint density at radius 1 is 1.28 bits per heavy atom. The number of esters is 1. The van der Waals surface area contributed by atoms with Gasteiger partial charge in [0.15, 0.2) is 6.61 Å². The number of benzene rings is 1. The normalized spacial score (nSPS) is 11.2. The molecule has 154 valence electrons. The predicted octanol–water partition coefficient (Wildman–Crippen LogP) is 1.36. The first-order valence-corrected chi connectivity index (χ1v) is 8.84. The number of ether oxygens (including phenoxy) is 1. The van der Waals surface area contributed by atoms with Gasteiger partial charge in [0, 0.05) is 19.7 Å². The molecule has 0 atom stereocenters. The summed E-state index contributed by atoms with van der Waals surface area (Å²) >= 11 is 0. The monoisotopic (exact) mass is 403 g/mol. The van der Waals surface area contributed by atoms with Gasteiger partial charge in [-0.25, -0.2) is 14.0 Å². The van der Waals surface area contributed by atoms with Crippen molar-refractivity contribution in [3.63, 3.8) is 0 Å². The van der Waals surface area contributed by atoms with Gasteiger partial charge in [-0.3, -0.25) is 18.7 Å². The standard InChI is InChI=1S/C20H22FN3O5/c1-12(2)10-24-18(22)17(19(27)23(3)20(24)28)15(25)11-29-16(26)8-7-13-5-4-6-14(21)9-13/h4-9,12H,10-11,22H2,1-3H3. The molecule has 0 saturated carbocycles. The van der Waals surface area contributed by atoms with Crippen LogP contribution in [0.2, 0.25) is 0 Å². The van der Waals surface area contributed by atoms with Crippen molar-refractivity contribution < 1.29 is 18.7 Å². The smallest absolute Gasteiger partial charge is 0.332 e. The van der Waals surface area contributed by atoms with E-state index >= 15 is 0 Å². The van der Waals surface area contributed by atoms with Crippen LogP contribution in [0.1, 0.15) is 29.8 Å². The lowest BCUT2D eigenvalue weighted by atomic mass is 10.1. The van der Waals surface area contributed by atoms with E-state index in [0.29, 0.717) is 5.56 Å². The van der Waals surface area contributed by atoms with Gasteiger partial charge < -0.3 is 10.5 Å².